The average Bonchev–Trinajstić information content (AvgIpc) is 2.46. The normalized spacial score (nSPS) is 25.2. The highest BCUT2D eigenvalue weighted by Crippen LogP contribution is 2.35. The summed E-state index contributed by atoms with van der Waals surface area (Å²) in [6, 6.07) is 9.60. The van der Waals surface area contributed by atoms with Crippen LogP contribution in [0.15, 0.2) is 24.3 Å². The Balaban J connectivity index is 2.04. The molecule has 0 radical (unpaired) electrons. The highest BCUT2D eigenvalue weighted by Gasteiger charge is 2.31. The summed E-state index contributed by atoms with van der Waals surface area (Å²) in [6.45, 7) is 4.48. The van der Waals surface area contributed by atoms with Gasteiger partial charge in [0, 0.05) is 28.0 Å². The van der Waals surface area contributed by atoms with E-state index < -0.39 is 0 Å². The molecule has 0 saturated carbocycles. The van der Waals surface area contributed by atoms with Gasteiger partial charge in [-0.25, -0.2) is 0 Å². The fourth-order valence-electron chi connectivity index (χ4n) is 2.67. The summed E-state index contributed by atoms with van der Waals surface area (Å²) >= 11 is 4.33. The number of hydrogen-bond acceptors (Lipinski definition) is 3. The van der Waals surface area contributed by atoms with Crippen molar-refractivity contribution in [3.05, 3.63) is 35.4 Å². The topological polar surface area (TPSA) is 12.0 Å². The van der Waals surface area contributed by atoms with Crippen molar-refractivity contribution < 1.29 is 0 Å². The summed E-state index contributed by atoms with van der Waals surface area (Å²) in [4.78, 5) is 0. The first-order chi connectivity index (χ1) is 9.24. The van der Waals surface area contributed by atoms with E-state index in [1.807, 2.05) is 0 Å². The van der Waals surface area contributed by atoms with E-state index in [2.05, 4.69) is 74.0 Å². The van der Waals surface area contributed by atoms with E-state index >= 15 is 0 Å². The molecule has 3 heteroatoms. The van der Waals surface area contributed by atoms with Gasteiger partial charge in [0.15, 0.2) is 0 Å². The van der Waals surface area contributed by atoms with Gasteiger partial charge in [-0.05, 0) is 32.4 Å². The third-order valence-corrected chi connectivity index (χ3v) is 7.24. The number of rotatable bonds is 5. The number of benzene rings is 1. The van der Waals surface area contributed by atoms with Gasteiger partial charge in [0.25, 0.3) is 0 Å². The van der Waals surface area contributed by atoms with Crippen LogP contribution in [0.2, 0.25) is 0 Å². The molecule has 0 aromatic heterocycles. The van der Waals surface area contributed by atoms with Crippen LogP contribution in [0.25, 0.3) is 0 Å². The highest BCUT2D eigenvalue weighted by molar-refractivity contribution is 8.07. The molecule has 1 aromatic rings. The molecule has 0 spiro atoms. The minimum atomic E-state index is 0.588. The van der Waals surface area contributed by atoms with Crippen molar-refractivity contribution in [1.82, 2.24) is 5.32 Å². The molecule has 1 aromatic carbocycles. The van der Waals surface area contributed by atoms with Crippen LogP contribution in [0.3, 0.4) is 0 Å². The SMILES string of the molecule is CCC1SCCSC1C(Cc1ccc(C)cc1)NC. The van der Waals surface area contributed by atoms with Gasteiger partial charge in [0.1, 0.15) is 0 Å². The summed E-state index contributed by atoms with van der Waals surface area (Å²) < 4.78 is 0. The van der Waals surface area contributed by atoms with Gasteiger partial charge in [-0.3, -0.25) is 0 Å². The largest absolute Gasteiger partial charge is 0.316 e. The van der Waals surface area contributed by atoms with E-state index in [9.17, 15) is 0 Å². The molecule has 0 amide bonds. The minimum absolute atomic E-state index is 0.588. The van der Waals surface area contributed by atoms with Crippen LogP contribution in [0.5, 0.6) is 0 Å². The first-order valence-corrected chi connectivity index (χ1v) is 9.30. The molecule has 106 valence electrons. The predicted molar refractivity (Wildman–Crippen MR) is 90.5 cm³/mol. The Kier molecular flexibility index (Phi) is 6.11. The van der Waals surface area contributed by atoms with Crippen LogP contribution >= 0.6 is 23.5 Å². The maximum absolute atomic E-state index is 3.57. The molecule has 0 aliphatic carbocycles. The molecule has 1 fully saturated rings. The van der Waals surface area contributed by atoms with E-state index in [1.54, 1.807) is 0 Å². The Morgan fingerprint density at radius 3 is 2.53 bits per heavy atom. The zero-order valence-electron chi connectivity index (χ0n) is 12.2. The van der Waals surface area contributed by atoms with E-state index in [-0.39, 0.29) is 0 Å². The van der Waals surface area contributed by atoms with Gasteiger partial charge in [-0.15, -0.1) is 0 Å². The van der Waals surface area contributed by atoms with Crippen molar-refractivity contribution in [2.24, 2.45) is 0 Å². The minimum Gasteiger partial charge on any atom is -0.316 e. The maximum Gasteiger partial charge on any atom is 0.0323 e. The van der Waals surface area contributed by atoms with Crippen molar-refractivity contribution in [2.45, 2.75) is 43.2 Å². The van der Waals surface area contributed by atoms with Gasteiger partial charge in [-0.1, -0.05) is 36.8 Å². The van der Waals surface area contributed by atoms with Crippen molar-refractivity contribution >= 4 is 23.5 Å². The summed E-state index contributed by atoms with van der Waals surface area (Å²) in [5.41, 5.74) is 2.80. The Labute approximate surface area is 126 Å². The third kappa shape index (κ3) is 4.17. The zero-order valence-corrected chi connectivity index (χ0v) is 13.8. The molecule has 0 bridgehead atoms. The van der Waals surface area contributed by atoms with E-state index in [1.165, 1.54) is 29.1 Å². The van der Waals surface area contributed by atoms with Crippen LogP contribution in [-0.2, 0) is 6.42 Å². The smallest absolute Gasteiger partial charge is 0.0323 e. The Bertz CT molecular complexity index is 377. The van der Waals surface area contributed by atoms with Crippen LogP contribution in [0.4, 0.5) is 0 Å². The van der Waals surface area contributed by atoms with E-state index in [0.29, 0.717) is 6.04 Å². The molecule has 3 unspecified atom stereocenters. The predicted octanol–water partition coefficient (Wildman–Crippen LogP) is 3.75. The molecule has 3 atom stereocenters. The lowest BCUT2D eigenvalue weighted by molar-refractivity contribution is 0.517. The molecular formula is C16H25NS2. The molecular weight excluding hydrogens is 270 g/mol. The third-order valence-electron chi connectivity index (χ3n) is 3.84. The second-order valence-corrected chi connectivity index (χ2v) is 7.87. The number of hydrogen-bond donors (Lipinski definition) is 1. The van der Waals surface area contributed by atoms with Crippen LogP contribution in [0.1, 0.15) is 24.5 Å². The fourth-order valence-corrected chi connectivity index (χ4v) is 5.97. The van der Waals surface area contributed by atoms with Gasteiger partial charge >= 0.3 is 0 Å². The Morgan fingerprint density at radius 1 is 1.21 bits per heavy atom. The van der Waals surface area contributed by atoms with Crippen LogP contribution in [0, 0.1) is 6.92 Å². The number of nitrogens with one attached hydrogen (secondary N) is 1. The van der Waals surface area contributed by atoms with E-state index in [0.717, 1.165) is 16.9 Å². The highest BCUT2D eigenvalue weighted by atomic mass is 32.2. The van der Waals surface area contributed by atoms with Crippen molar-refractivity contribution in [3.8, 4) is 0 Å². The molecule has 1 saturated heterocycles. The first-order valence-electron chi connectivity index (χ1n) is 7.20. The second kappa shape index (κ2) is 7.61. The molecule has 1 aliphatic heterocycles. The lowest BCUT2D eigenvalue weighted by atomic mass is 9.99. The van der Waals surface area contributed by atoms with Crippen LogP contribution in [-0.4, -0.2) is 35.1 Å². The average molecular weight is 296 g/mol. The number of thioether (sulfide) groups is 2. The zero-order chi connectivity index (χ0) is 13.7. The Hall–Kier alpha value is -0.120. The summed E-state index contributed by atoms with van der Waals surface area (Å²) in [5.74, 6) is 2.62. The number of likely N-dealkylation sites (N-methyl/N-ethyl adjacent to an activating group) is 1. The van der Waals surface area contributed by atoms with Crippen molar-refractivity contribution in [1.29, 1.82) is 0 Å². The lowest BCUT2D eigenvalue weighted by Gasteiger charge is -2.36. The fraction of sp³-hybridized carbons (Fsp3) is 0.625. The first kappa shape index (κ1) is 15.3. The van der Waals surface area contributed by atoms with Crippen molar-refractivity contribution in [2.75, 3.05) is 18.6 Å². The van der Waals surface area contributed by atoms with Gasteiger partial charge < -0.3 is 5.32 Å². The van der Waals surface area contributed by atoms with Crippen LogP contribution < -0.4 is 5.32 Å². The molecule has 1 nitrogen and oxygen atoms in total. The monoisotopic (exact) mass is 295 g/mol. The molecule has 1 aliphatic rings. The van der Waals surface area contributed by atoms with Gasteiger partial charge in [0.2, 0.25) is 0 Å². The summed E-state index contributed by atoms with van der Waals surface area (Å²) in [5, 5.41) is 5.12. The number of aryl methyl sites for hydroxylation is 1. The van der Waals surface area contributed by atoms with Gasteiger partial charge in [0.05, 0.1) is 0 Å². The standard InChI is InChI=1S/C16H25NS2/c1-4-15-16(19-10-9-18-15)14(17-3)11-13-7-5-12(2)6-8-13/h5-8,14-17H,4,9-11H2,1-3H3. The van der Waals surface area contributed by atoms with Gasteiger partial charge in [-0.2, -0.15) is 23.5 Å². The van der Waals surface area contributed by atoms with E-state index in [4.69, 9.17) is 0 Å². The molecule has 1 heterocycles. The molecule has 2 rings (SSSR count). The molecule has 19 heavy (non-hydrogen) atoms. The maximum atomic E-state index is 3.57. The summed E-state index contributed by atoms with van der Waals surface area (Å²) in [6.07, 6.45) is 2.43. The summed E-state index contributed by atoms with van der Waals surface area (Å²) in [7, 11) is 2.12. The quantitative estimate of drug-likeness (QED) is 0.888. The lowest BCUT2D eigenvalue weighted by Crippen LogP contribution is -2.44. The second-order valence-electron chi connectivity index (χ2n) is 5.24. The molecule has 1 N–H and O–H groups in total. The Morgan fingerprint density at radius 2 is 1.89 bits per heavy atom. The van der Waals surface area contributed by atoms with Crippen molar-refractivity contribution in [3.63, 3.8) is 0 Å².